The Morgan fingerprint density at radius 1 is 1.03 bits per heavy atom. The van der Waals surface area contributed by atoms with Gasteiger partial charge in [-0.05, 0) is 43.2 Å². The molecule has 0 atom stereocenters. The third-order valence-electron chi connectivity index (χ3n) is 6.27. The smallest absolute Gasteiger partial charge is 0.276 e. The first-order valence-electron chi connectivity index (χ1n) is 11.8. The number of nitrogens with one attached hydrogen (secondary N) is 1. The predicted octanol–water partition coefficient (Wildman–Crippen LogP) is 5.38. The van der Waals surface area contributed by atoms with Gasteiger partial charge in [-0.3, -0.25) is 9.48 Å². The summed E-state index contributed by atoms with van der Waals surface area (Å²) in [6.45, 7) is 11.1. The highest BCUT2D eigenvalue weighted by Crippen LogP contribution is 2.34. The lowest BCUT2D eigenvalue weighted by Crippen LogP contribution is -2.20. The van der Waals surface area contributed by atoms with Gasteiger partial charge in [0.1, 0.15) is 0 Å². The molecule has 0 radical (unpaired) electrons. The molecule has 1 N–H and O–H groups in total. The summed E-state index contributed by atoms with van der Waals surface area (Å²) in [7, 11) is 0. The lowest BCUT2D eigenvalue weighted by Gasteiger charge is -2.23. The van der Waals surface area contributed by atoms with Crippen LogP contribution in [0.25, 0.3) is 16.6 Å². The molecule has 7 nitrogen and oxygen atoms in total. The molecule has 2 heterocycles. The molecule has 7 heteroatoms. The van der Waals surface area contributed by atoms with Gasteiger partial charge in [0.05, 0.1) is 12.1 Å². The molecule has 178 valence electrons. The molecule has 0 fully saturated rings. The van der Waals surface area contributed by atoms with Crippen molar-refractivity contribution in [1.29, 1.82) is 0 Å². The first-order valence-corrected chi connectivity index (χ1v) is 11.8. The Kier molecular flexibility index (Phi) is 6.14. The van der Waals surface area contributed by atoms with Crippen LogP contribution in [0.5, 0.6) is 11.5 Å². The summed E-state index contributed by atoms with van der Waals surface area (Å²) < 4.78 is 12.6. The van der Waals surface area contributed by atoms with Gasteiger partial charge >= 0.3 is 0 Å². The fourth-order valence-electron chi connectivity index (χ4n) is 4.34. The number of carbonyl (C=O) groups excluding carboxylic acids is 1. The Balaban J connectivity index is 1.38. The highest BCUT2D eigenvalue weighted by atomic mass is 16.7. The van der Waals surface area contributed by atoms with Crippen molar-refractivity contribution in [2.45, 2.75) is 20.4 Å². The van der Waals surface area contributed by atoms with Gasteiger partial charge in [-0.1, -0.05) is 49.0 Å². The van der Waals surface area contributed by atoms with Gasteiger partial charge in [0, 0.05) is 35.9 Å². The minimum Gasteiger partial charge on any atom is -0.454 e. The maximum atomic E-state index is 13.2. The molecule has 1 aliphatic rings. The zero-order valence-corrected chi connectivity index (χ0v) is 20.0. The molecule has 0 saturated heterocycles. The maximum Gasteiger partial charge on any atom is 0.276 e. The van der Waals surface area contributed by atoms with Gasteiger partial charge < -0.3 is 19.7 Å². The standard InChI is InChI=1S/C28H28N4O3/c1-4-31(5-2)19(3)21-12-10-20(11-13-21)17-32-24-9-7-6-8-23(24)27(30-32)28(33)29-22-14-15-25-26(16-22)35-18-34-25/h6-16H,3-5,17-18H2,1-2H3,(H,29,33). The van der Waals surface area contributed by atoms with Crippen LogP contribution >= 0.6 is 0 Å². The van der Waals surface area contributed by atoms with Crippen LogP contribution in [0.3, 0.4) is 0 Å². The van der Waals surface area contributed by atoms with E-state index in [4.69, 9.17) is 9.47 Å². The summed E-state index contributed by atoms with van der Waals surface area (Å²) in [5, 5.41) is 8.43. The summed E-state index contributed by atoms with van der Waals surface area (Å²) in [5.74, 6) is 1.01. The Hall–Kier alpha value is -4.26. The number of benzene rings is 3. The number of nitrogens with zero attached hydrogens (tertiary/aromatic N) is 3. The quantitative estimate of drug-likeness (QED) is 0.376. The summed E-state index contributed by atoms with van der Waals surface area (Å²) >= 11 is 0. The van der Waals surface area contributed by atoms with E-state index in [2.05, 4.69) is 60.0 Å². The molecular weight excluding hydrogens is 440 g/mol. The second-order valence-corrected chi connectivity index (χ2v) is 8.36. The molecule has 0 unspecified atom stereocenters. The molecule has 0 spiro atoms. The normalized spacial score (nSPS) is 12.1. The Morgan fingerprint density at radius 3 is 2.54 bits per heavy atom. The van der Waals surface area contributed by atoms with Crippen LogP contribution in [-0.2, 0) is 6.54 Å². The number of hydrogen-bond donors (Lipinski definition) is 1. The first-order chi connectivity index (χ1) is 17.1. The van der Waals surface area contributed by atoms with E-state index in [0.717, 1.165) is 40.8 Å². The van der Waals surface area contributed by atoms with Crippen molar-refractivity contribution >= 4 is 28.2 Å². The number of para-hydroxylation sites is 1. The van der Waals surface area contributed by atoms with E-state index in [-0.39, 0.29) is 12.7 Å². The van der Waals surface area contributed by atoms with Crippen molar-refractivity contribution in [1.82, 2.24) is 14.7 Å². The average Bonchev–Trinajstić information content (AvgIpc) is 3.50. The van der Waals surface area contributed by atoms with Crippen LogP contribution < -0.4 is 14.8 Å². The van der Waals surface area contributed by atoms with Gasteiger partial charge in [-0.15, -0.1) is 0 Å². The lowest BCUT2D eigenvalue weighted by atomic mass is 10.1. The number of fused-ring (bicyclic) bond motifs is 2. The van der Waals surface area contributed by atoms with Gasteiger partial charge in [0.25, 0.3) is 5.91 Å². The zero-order chi connectivity index (χ0) is 24.4. The number of anilines is 1. The average molecular weight is 469 g/mol. The van der Waals surface area contributed by atoms with Crippen LogP contribution in [0.1, 0.15) is 35.5 Å². The fraction of sp³-hybridized carbons (Fsp3) is 0.214. The fourth-order valence-corrected chi connectivity index (χ4v) is 4.34. The molecule has 1 aliphatic heterocycles. The van der Waals surface area contributed by atoms with Crippen LogP contribution in [0.4, 0.5) is 5.69 Å². The Bertz CT molecular complexity index is 1390. The SMILES string of the molecule is C=C(c1ccc(Cn2nc(C(=O)Nc3ccc4c(c3)OCO4)c3ccccc32)cc1)N(CC)CC. The summed E-state index contributed by atoms with van der Waals surface area (Å²) in [5.41, 5.74) is 5.13. The van der Waals surface area contributed by atoms with E-state index >= 15 is 0 Å². The van der Waals surface area contributed by atoms with Crippen molar-refractivity contribution in [2.24, 2.45) is 0 Å². The van der Waals surface area contributed by atoms with Gasteiger partial charge in [-0.25, -0.2) is 0 Å². The minimum absolute atomic E-state index is 0.187. The lowest BCUT2D eigenvalue weighted by molar-refractivity contribution is 0.102. The number of aromatic nitrogens is 2. The second-order valence-electron chi connectivity index (χ2n) is 8.36. The number of rotatable bonds is 8. The van der Waals surface area contributed by atoms with Crippen molar-refractivity contribution in [3.05, 3.63) is 90.1 Å². The highest BCUT2D eigenvalue weighted by molar-refractivity contribution is 6.11. The van der Waals surface area contributed by atoms with Crippen molar-refractivity contribution in [2.75, 3.05) is 25.2 Å². The second kappa shape index (κ2) is 9.54. The Labute approximate surface area is 204 Å². The molecule has 0 saturated carbocycles. The summed E-state index contributed by atoms with van der Waals surface area (Å²) in [6.07, 6.45) is 0. The molecule has 1 amide bonds. The van der Waals surface area contributed by atoms with E-state index in [9.17, 15) is 4.79 Å². The van der Waals surface area contributed by atoms with Crippen LogP contribution in [0, 0.1) is 0 Å². The topological polar surface area (TPSA) is 68.6 Å². The summed E-state index contributed by atoms with van der Waals surface area (Å²) in [6, 6.07) is 21.5. The molecule has 3 aromatic carbocycles. The van der Waals surface area contributed by atoms with Gasteiger partial charge in [0.15, 0.2) is 17.2 Å². The monoisotopic (exact) mass is 468 g/mol. The van der Waals surface area contributed by atoms with E-state index in [0.29, 0.717) is 29.4 Å². The van der Waals surface area contributed by atoms with Crippen LogP contribution in [-0.4, -0.2) is 40.5 Å². The van der Waals surface area contributed by atoms with Crippen LogP contribution in [0.15, 0.2) is 73.3 Å². The minimum atomic E-state index is -0.273. The maximum absolute atomic E-state index is 13.2. The molecule has 1 aromatic heterocycles. The third kappa shape index (κ3) is 4.45. The highest BCUT2D eigenvalue weighted by Gasteiger charge is 2.19. The van der Waals surface area contributed by atoms with Crippen molar-refractivity contribution < 1.29 is 14.3 Å². The zero-order valence-electron chi connectivity index (χ0n) is 20.0. The molecule has 0 bridgehead atoms. The largest absolute Gasteiger partial charge is 0.454 e. The van der Waals surface area contributed by atoms with Crippen molar-refractivity contribution in [3.8, 4) is 11.5 Å². The Morgan fingerprint density at radius 2 is 1.77 bits per heavy atom. The van der Waals surface area contributed by atoms with Gasteiger partial charge in [-0.2, -0.15) is 5.10 Å². The molecule has 35 heavy (non-hydrogen) atoms. The first kappa shape index (κ1) is 22.5. The van der Waals surface area contributed by atoms with Crippen LogP contribution in [0.2, 0.25) is 0 Å². The predicted molar refractivity (Wildman–Crippen MR) is 138 cm³/mol. The third-order valence-corrected chi connectivity index (χ3v) is 6.27. The van der Waals surface area contributed by atoms with E-state index < -0.39 is 0 Å². The number of carbonyl (C=O) groups is 1. The molecule has 0 aliphatic carbocycles. The van der Waals surface area contributed by atoms with E-state index in [1.54, 1.807) is 18.2 Å². The van der Waals surface area contributed by atoms with Gasteiger partial charge in [0.2, 0.25) is 6.79 Å². The number of hydrogen-bond acceptors (Lipinski definition) is 5. The van der Waals surface area contributed by atoms with E-state index in [1.165, 1.54) is 0 Å². The number of amides is 1. The number of ether oxygens (including phenoxy) is 2. The molecular formula is C28H28N4O3. The van der Waals surface area contributed by atoms with Crippen molar-refractivity contribution in [3.63, 3.8) is 0 Å². The summed E-state index contributed by atoms with van der Waals surface area (Å²) in [4.78, 5) is 15.4. The molecule has 5 rings (SSSR count). The van der Waals surface area contributed by atoms with E-state index in [1.807, 2.05) is 28.9 Å². The molecule has 4 aromatic rings.